The Labute approximate surface area is 98.8 Å². The first-order chi connectivity index (χ1) is 7.70. The molecule has 1 saturated heterocycles. The number of ether oxygens (including phenoxy) is 1. The van der Waals surface area contributed by atoms with E-state index in [1.54, 1.807) is 0 Å². The van der Waals surface area contributed by atoms with Gasteiger partial charge in [0.25, 0.3) is 0 Å². The second kappa shape index (κ2) is 5.48. The molecule has 0 radical (unpaired) electrons. The van der Waals surface area contributed by atoms with E-state index in [2.05, 4.69) is 11.8 Å². The lowest BCUT2D eigenvalue weighted by atomic mass is 9.94. The maximum Gasteiger partial charge on any atom is 0.0724 e. The van der Waals surface area contributed by atoms with Crippen LogP contribution in [-0.2, 0) is 4.74 Å². The summed E-state index contributed by atoms with van der Waals surface area (Å²) in [6.07, 6.45) is 4.95. The quantitative estimate of drug-likeness (QED) is 0.793. The van der Waals surface area contributed by atoms with Gasteiger partial charge in [-0.15, -0.1) is 0 Å². The molecule has 2 rings (SSSR count). The number of rotatable bonds is 3. The van der Waals surface area contributed by atoms with Crippen LogP contribution in [0.4, 0.5) is 0 Å². The molecule has 2 fully saturated rings. The summed E-state index contributed by atoms with van der Waals surface area (Å²) in [6, 6.07) is 0. The zero-order chi connectivity index (χ0) is 11.5. The number of likely N-dealkylation sites (tertiary alicyclic amines) is 1. The minimum atomic E-state index is -0.0552. The highest BCUT2D eigenvalue weighted by molar-refractivity contribution is 4.84. The second-order valence-corrected chi connectivity index (χ2v) is 5.56. The fourth-order valence-electron chi connectivity index (χ4n) is 3.13. The van der Waals surface area contributed by atoms with Crippen LogP contribution in [0.25, 0.3) is 0 Å². The van der Waals surface area contributed by atoms with E-state index in [4.69, 9.17) is 4.74 Å². The lowest BCUT2D eigenvalue weighted by Gasteiger charge is -2.37. The molecule has 2 aliphatic rings. The van der Waals surface area contributed by atoms with Gasteiger partial charge in [0.05, 0.1) is 12.2 Å². The molecule has 1 N–H and O–H groups in total. The summed E-state index contributed by atoms with van der Waals surface area (Å²) in [5.74, 6) is 1.18. The number of aliphatic hydroxyl groups is 1. The summed E-state index contributed by atoms with van der Waals surface area (Å²) in [7, 11) is 1.81. The van der Waals surface area contributed by atoms with Gasteiger partial charge in [-0.1, -0.05) is 13.3 Å². The summed E-state index contributed by atoms with van der Waals surface area (Å²) in [6.45, 7) is 5.55. The number of nitrogens with zero attached hydrogens (tertiary/aromatic N) is 1. The molecule has 4 atom stereocenters. The molecule has 94 valence electrons. The molecule has 0 aromatic carbocycles. The molecule has 1 aliphatic heterocycles. The van der Waals surface area contributed by atoms with Crippen LogP contribution >= 0.6 is 0 Å². The normalized spacial score (nSPS) is 41.4. The SMILES string of the molecule is COC1CN(CC2CCCC2O)CCC1C. The smallest absolute Gasteiger partial charge is 0.0724 e. The van der Waals surface area contributed by atoms with Crippen molar-refractivity contribution in [2.75, 3.05) is 26.7 Å². The molecular formula is C13H25NO2. The van der Waals surface area contributed by atoms with Gasteiger partial charge in [0.2, 0.25) is 0 Å². The van der Waals surface area contributed by atoms with E-state index in [1.165, 1.54) is 25.8 Å². The van der Waals surface area contributed by atoms with E-state index in [0.717, 1.165) is 19.5 Å². The highest BCUT2D eigenvalue weighted by Gasteiger charge is 2.31. The molecule has 0 spiro atoms. The standard InChI is InChI=1S/C13H25NO2/c1-10-6-7-14(9-13(10)16-2)8-11-4-3-5-12(11)15/h10-13,15H,3-9H2,1-2H3. The van der Waals surface area contributed by atoms with Crippen molar-refractivity contribution in [2.24, 2.45) is 11.8 Å². The third-order valence-electron chi connectivity index (χ3n) is 4.39. The summed E-state index contributed by atoms with van der Waals surface area (Å²) >= 11 is 0. The van der Waals surface area contributed by atoms with E-state index >= 15 is 0 Å². The predicted octanol–water partition coefficient (Wildman–Crippen LogP) is 1.50. The predicted molar refractivity (Wildman–Crippen MR) is 64.4 cm³/mol. The Balaban J connectivity index is 1.81. The third-order valence-corrected chi connectivity index (χ3v) is 4.39. The summed E-state index contributed by atoms with van der Waals surface area (Å²) < 4.78 is 5.52. The largest absolute Gasteiger partial charge is 0.393 e. The first-order valence-electron chi connectivity index (χ1n) is 6.64. The Morgan fingerprint density at radius 1 is 1.31 bits per heavy atom. The van der Waals surface area contributed by atoms with Gasteiger partial charge in [-0.2, -0.15) is 0 Å². The minimum absolute atomic E-state index is 0.0552. The van der Waals surface area contributed by atoms with E-state index < -0.39 is 0 Å². The van der Waals surface area contributed by atoms with Crippen LogP contribution in [-0.4, -0.2) is 49.0 Å². The van der Waals surface area contributed by atoms with Crippen molar-refractivity contribution < 1.29 is 9.84 Å². The van der Waals surface area contributed by atoms with Crippen molar-refractivity contribution in [3.63, 3.8) is 0 Å². The lowest BCUT2D eigenvalue weighted by molar-refractivity contribution is -0.0152. The fraction of sp³-hybridized carbons (Fsp3) is 1.00. The highest BCUT2D eigenvalue weighted by atomic mass is 16.5. The maximum atomic E-state index is 9.84. The van der Waals surface area contributed by atoms with Crippen LogP contribution < -0.4 is 0 Å². The average molecular weight is 227 g/mol. The number of methoxy groups -OCH3 is 1. The number of hydrogen-bond acceptors (Lipinski definition) is 3. The lowest BCUT2D eigenvalue weighted by Crippen LogP contribution is -2.46. The first kappa shape index (κ1) is 12.3. The van der Waals surface area contributed by atoms with Gasteiger partial charge in [0, 0.05) is 20.2 Å². The van der Waals surface area contributed by atoms with Crippen LogP contribution in [0.15, 0.2) is 0 Å². The summed E-state index contributed by atoms with van der Waals surface area (Å²) in [5.41, 5.74) is 0. The van der Waals surface area contributed by atoms with Crippen molar-refractivity contribution in [1.29, 1.82) is 0 Å². The van der Waals surface area contributed by atoms with Crippen molar-refractivity contribution in [1.82, 2.24) is 4.90 Å². The monoisotopic (exact) mass is 227 g/mol. The molecule has 1 aliphatic carbocycles. The van der Waals surface area contributed by atoms with Crippen LogP contribution in [0.3, 0.4) is 0 Å². The van der Waals surface area contributed by atoms with Gasteiger partial charge in [-0.3, -0.25) is 0 Å². The van der Waals surface area contributed by atoms with E-state index in [1.807, 2.05) is 7.11 Å². The molecule has 1 saturated carbocycles. The topological polar surface area (TPSA) is 32.7 Å². The van der Waals surface area contributed by atoms with Crippen molar-refractivity contribution in [2.45, 2.75) is 44.8 Å². The Hall–Kier alpha value is -0.120. The van der Waals surface area contributed by atoms with Gasteiger partial charge in [-0.25, -0.2) is 0 Å². The molecule has 3 nitrogen and oxygen atoms in total. The molecule has 16 heavy (non-hydrogen) atoms. The molecule has 1 heterocycles. The molecule has 0 aromatic rings. The van der Waals surface area contributed by atoms with Crippen LogP contribution in [0, 0.1) is 11.8 Å². The van der Waals surface area contributed by atoms with Gasteiger partial charge in [0.1, 0.15) is 0 Å². The van der Waals surface area contributed by atoms with Crippen LogP contribution in [0.5, 0.6) is 0 Å². The van der Waals surface area contributed by atoms with Crippen molar-refractivity contribution in [3.8, 4) is 0 Å². The van der Waals surface area contributed by atoms with E-state index in [0.29, 0.717) is 17.9 Å². The first-order valence-corrected chi connectivity index (χ1v) is 6.64. The van der Waals surface area contributed by atoms with Gasteiger partial charge < -0.3 is 14.7 Å². The van der Waals surface area contributed by atoms with Gasteiger partial charge in [-0.05, 0) is 37.6 Å². The van der Waals surface area contributed by atoms with Crippen molar-refractivity contribution in [3.05, 3.63) is 0 Å². The summed E-state index contributed by atoms with van der Waals surface area (Å²) in [4.78, 5) is 2.48. The molecule has 0 aromatic heterocycles. The Bertz CT molecular complexity index is 222. The Kier molecular flexibility index (Phi) is 4.22. The van der Waals surface area contributed by atoms with Gasteiger partial charge >= 0.3 is 0 Å². The zero-order valence-electron chi connectivity index (χ0n) is 10.6. The zero-order valence-corrected chi connectivity index (χ0v) is 10.6. The molecular weight excluding hydrogens is 202 g/mol. The molecule has 4 unspecified atom stereocenters. The van der Waals surface area contributed by atoms with Crippen LogP contribution in [0.1, 0.15) is 32.6 Å². The van der Waals surface area contributed by atoms with Crippen LogP contribution in [0.2, 0.25) is 0 Å². The van der Waals surface area contributed by atoms with Crippen molar-refractivity contribution >= 4 is 0 Å². The molecule has 0 amide bonds. The fourth-order valence-corrected chi connectivity index (χ4v) is 3.13. The number of aliphatic hydroxyl groups excluding tert-OH is 1. The molecule has 3 heteroatoms. The minimum Gasteiger partial charge on any atom is -0.393 e. The maximum absolute atomic E-state index is 9.84. The van der Waals surface area contributed by atoms with Gasteiger partial charge in [0.15, 0.2) is 0 Å². The average Bonchev–Trinajstić information content (AvgIpc) is 2.67. The highest BCUT2D eigenvalue weighted by Crippen LogP contribution is 2.28. The Morgan fingerprint density at radius 3 is 2.75 bits per heavy atom. The third kappa shape index (κ3) is 2.76. The van der Waals surface area contributed by atoms with E-state index in [-0.39, 0.29) is 6.10 Å². The number of piperidine rings is 1. The Morgan fingerprint density at radius 2 is 2.12 bits per heavy atom. The second-order valence-electron chi connectivity index (χ2n) is 5.56. The summed E-state index contributed by atoms with van der Waals surface area (Å²) in [5, 5.41) is 9.84. The van der Waals surface area contributed by atoms with E-state index in [9.17, 15) is 5.11 Å². The number of hydrogen-bond donors (Lipinski definition) is 1. The molecule has 0 bridgehead atoms.